The van der Waals surface area contributed by atoms with Gasteiger partial charge in [0.1, 0.15) is 0 Å². The van der Waals surface area contributed by atoms with E-state index in [2.05, 4.69) is 38.3 Å². The molecule has 0 saturated carbocycles. The molecule has 1 unspecified atom stereocenters. The molecule has 0 aliphatic carbocycles. The first kappa shape index (κ1) is 10.0. The molecular weight excluding hydrogens is 148 g/mol. The molecule has 0 aromatic rings. The van der Waals surface area contributed by atoms with Crippen LogP contribution in [-0.4, -0.2) is 24.7 Å². The van der Waals surface area contributed by atoms with Gasteiger partial charge in [0.25, 0.3) is 0 Å². The van der Waals surface area contributed by atoms with Crippen molar-refractivity contribution in [3.8, 4) is 0 Å². The minimum absolute atomic E-state index is 0.284. The zero-order chi connectivity index (χ0) is 9.41. The second kappa shape index (κ2) is 3.00. The fourth-order valence-electron chi connectivity index (χ4n) is 2.47. The lowest BCUT2D eigenvalue weighted by Gasteiger charge is -2.28. The van der Waals surface area contributed by atoms with E-state index < -0.39 is 0 Å². The molecule has 1 aliphatic rings. The first-order valence-corrected chi connectivity index (χ1v) is 4.81. The highest BCUT2D eigenvalue weighted by molar-refractivity contribution is 5.03. The highest BCUT2D eigenvalue weighted by Crippen LogP contribution is 2.34. The molecule has 1 atom stereocenters. The quantitative estimate of drug-likeness (QED) is 0.654. The summed E-state index contributed by atoms with van der Waals surface area (Å²) in [6, 6.07) is 0. The standard InChI is InChI=1S/C10H22N2/c1-9(2)6-8(7-11-5)10(3,4)12-9/h8,11-12H,6-7H2,1-5H3. The van der Waals surface area contributed by atoms with Gasteiger partial charge >= 0.3 is 0 Å². The maximum atomic E-state index is 3.66. The van der Waals surface area contributed by atoms with Gasteiger partial charge < -0.3 is 10.6 Å². The van der Waals surface area contributed by atoms with Gasteiger partial charge in [-0.25, -0.2) is 0 Å². The zero-order valence-electron chi connectivity index (χ0n) is 8.99. The second-order valence-electron chi connectivity index (χ2n) is 5.19. The van der Waals surface area contributed by atoms with Gasteiger partial charge in [0, 0.05) is 11.1 Å². The highest BCUT2D eigenvalue weighted by Gasteiger charge is 2.43. The minimum Gasteiger partial charge on any atom is -0.319 e. The summed E-state index contributed by atoms with van der Waals surface area (Å²) < 4.78 is 0. The molecular formula is C10H22N2. The average molecular weight is 170 g/mol. The molecule has 2 nitrogen and oxygen atoms in total. The first-order chi connectivity index (χ1) is 5.37. The van der Waals surface area contributed by atoms with E-state index >= 15 is 0 Å². The zero-order valence-corrected chi connectivity index (χ0v) is 8.99. The molecule has 0 radical (unpaired) electrons. The summed E-state index contributed by atoms with van der Waals surface area (Å²) >= 11 is 0. The Labute approximate surface area is 76.1 Å². The van der Waals surface area contributed by atoms with Gasteiger partial charge in [-0.15, -0.1) is 0 Å². The van der Waals surface area contributed by atoms with Gasteiger partial charge in [0.2, 0.25) is 0 Å². The molecule has 1 heterocycles. The Hall–Kier alpha value is -0.0800. The van der Waals surface area contributed by atoms with Gasteiger partial charge in [0.05, 0.1) is 0 Å². The van der Waals surface area contributed by atoms with Crippen LogP contribution >= 0.6 is 0 Å². The summed E-state index contributed by atoms with van der Waals surface area (Å²) in [4.78, 5) is 0. The summed E-state index contributed by atoms with van der Waals surface area (Å²) in [6.07, 6.45) is 1.26. The van der Waals surface area contributed by atoms with Crippen molar-refractivity contribution in [2.24, 2.45) is 5.92 Å². The van der Waals surface area contributed by atoms with Crippen LogP contribution < -0.4 is 10.6 Å². The molecule has 72 valence electrons. The van der Waals surface area contributed by atoms with Crippen molar-refractivity contribution in [3.63, 3.8) is 0 Å². The van der Waals surface area contributed by atoms with E-state index in [9.17, 15) is 0 Å². The van der Waals surface area contributed by atoms with Crippen molar-refractivity contribution in [2.45, 2.75) is 45.2 Å². The van der Waals surface area contributed by atoms with E-state index in [0.717, 1.165) is 12.5 Å². The molecule has 1 aliphatic heterocycles. The van der Waals surface area contributed by atoms with Crippen LogP contribution in [0.3, 0.4) is 0 Å². The molecule has 2 heteroatoms. The molecule has 0 bridgehead atoms. The third-order valence-corrected chi connectivity index (χ3v) is 2.89. The topological polar surface area (TPSA) is 24.1 Å². The monoisotopic (exact) mass is 170 g/mol. The summed E-state index contributed by atoms with van der Waals surface area (Å²) in [5, 5.41) is 6.93. The predicted octanol–water partition coefficient (Wildman–Crippen LogP) is 1.37. The van der Waals surface area contributed by atoms with E-state index in [0.29, 0.717) is 5.54 Å². The Morgan fingerprint density at radius 1 is 1.33 bits per heavy atom. The first-order valence-electron chi connectivity index (χ1n) is 4.81. The number of hydrogen-bond acceptors (Lipinski definition) is 2. The third-order valence-electron chi connectivity index (χ3n) is 2.89. The molecule has 12 heavy (non-hydrogen) atoms. The van der Waals surface area contributed by atoms with E-state index in [1.807, 2.05) is 7.05 Å². The second-order valence-corrected chi connectivity index (χ2v) is 5.19. The maximum Gasteiger partial charge on any atom is 0.0171 e. The van der Waals surface area contributed by atoms with Crippen LogP contribution in [0.4, 0.5) is 0 Å². The average Bonchev–Trinajstić information content (AvgIpc) is 2.01. The number of nitrogens with one attached hydrogen (secondary N) is 2. The van der Waals surface area contributed by atoms with Gasteiger partial charge in [-0.05, 0) is 53.6 Å². The van der Waals surface area contributed by atoms with E-state index in [1.54, 1.807) is 0 Å². The molecule has 0 amide bonds. The van der Waals surface area contributed by atoms with E-state index in [1.165, 1.54) is 6.42 Å². The summed E-state index contributed by atoms with van der Waals surface area (Å²) in [5.74, 6) is 0.748. The molecule has 1 rings (SSSR count). The number of hydrogen-bond donors (Lipinski definition) is 2. The fourth-order valence-corrected chi connectivity index (χ4v) is 2.47. The van der Waals surface area contributed by atoms with Crippen molar-refractivity contribution in [1.82, 2.24) is 10.6 Å². The minimum atomic E-state index is 0.284. The van der Waals surface area contributed by atoms with Crippen LogP contribution in [0.25, 0.3) is 0 Å². The molecule has 0 aromatic carbocycles. The van der Waals surface area contributed by atoms with Crippen LogP contribution in [0.5, 0.6) is 0 Å². The fraction of sp³-hybridized carbons (Fsp3) is 1.00. The van der Waals surface area contributed by atoms with Crippen LogP contribution in [0.15, 0.2) is 0 Å². The summed E-state index contributed by atoms with van der Waals surface area (Å²) in [7, 11) is 2.03. The highest BCUT2D eigenvalue weighted by atomic mass is 15.1. The maximum absolute atomic E-state index is 3.66. The SMILES string of the molecule is CNCC1CC(C)(C)NC1(C)C. The van der Waals surface area contributed by atoms with Crippen LogP contribution in [0.2, 0.25) is 0 Å². The van der Waals surface area contributed by atoms with Crippen LogP contribution in [0.1, 0.15) is 34.1 Å². The third kappa shape index (κ3) is 1.99. The van der Waals surface area contributed by atoms with E-state index in [-0.39, 0.29) is 5.54 Å². The summed E-state index contributed by atoms with van der Waals surface area (Å²) in [5.41, 5.74) is 0.595. The molecule has 1 fully saturated rings. The van der Waals surface area contributed by atoms with Crippen LogP contribution in [0, 0.1) is 5.92 Å². The normalized spacial score (nSPS) is 32.2. The number of rotatable bonds is 2. The lowest BCUT2D eigenvalue weighted by atomic mass is 9.87. The molecule has 0 spiro atoms. The predicted molar refractivity (Wildman–Crippen MR) is 53.3 cm³/mol. The van der Waals surface area contributed by atoms with Gasteiger partial charge in [-0.1, -0.05) is 0 Å². The van der Waals surface area contributed by atoms with E-state index in [4.69, 9.17) is 0 Å². The molecule has 1 saturated heterocycles. The Balaban J connectivity index is 2.64. The van der Waals surface area contributed by atoms with Gasteiger partial charge in [-0.2, -0.15) is 0 Å². The molecule has 0 aromatic heterocycles. The van der Waals surface area contributed by atoms with Crippen molar-refractivity contribution < 1.29 is 0 Å². The molecule has 2 N–H and O–H groups in total. The van der Waals surface area contributed by atoms with Crippen LogP contribution in [-0.2, 0) is 0 Å². The smallest absolute Gasteiger partial charge is 0.0171 e. The largest absolute Gasteiger partial charge is 0.319 e. The Bertz CT molecular complexity index is 161. The lowest BCUT2D eigenvalue weighted by molar-refractivity contribution is 0.317. The van der Waals surface area contributed by atoms with Gasteiger partial charge in [-0.3, -0.25) is 0 Å². The van der Waals surface area contributed by atoms with Crippen molar-refractivity contribution in [3.05, 3.63) is 0 Å². The Morgan fingerprint density at radius 3 is 2.25 bits per heavy atom. The summed E-state index contributed by atoms with van der Waals surface area (Å²) in [6.45, 7) is 10.3. The van der Waals surface area contributed by atoms with Crippen molar-refractivity contribution >= 4 is 0 Å². The Morgan fingerprint density at radius 2 is 1.92 bits per heavy atom. The lowest BCUT2D eigenvalue weighted by Crippen LogP contribution is -2.46. The van der Waals surface area contributed by atoms with Crippen molar-refractivity contribution in [2.75, 3.05) is 13.6 Å². The van der Waals surface area contributed by atoms with Gasteiger partial charge in [0.15, 0.2) is 0 Å². The Kier molecular flexibility index (Phi) is 2.50. The van der Waals surface area contributed by atoms with Crippen molar-refractivity contribution in [1.29, 1.82) is 0 Å².